The molecule has 0 fully saturated rings. The van der Waals surface area contributed by atoms with Crippen molar-refractivity contribution in [1.82, 2.24) is 4.98 Å². The highest BCUT2D eigenvalue weighted by molar-refractivity contribution is 5.94. The van der Waals surface area contributed by atoms with Gasteiger partial charge in [0.25, 0.3) is 0 Å². The largest absolute Gasteiger partial charge is 0.385 e. The maximum Gasteiger partial charge on any atom is 0.181 e. The van der Waals surface area contributed by atoms with E-state index in [2.05, 4.69) is 4.98 Å². The van der Waals surface area contributed by atoms with Gasteiger partial charge in [-0.3, -0.25) is 9.78 Å². The van der Waals surface area contributed by atoms with Crippen LogP contribution < -0.4 is 0 Å². The number of hydrogen-bond acceptors (Lipinski definition) is 3. The zero-order chi connectivity index (χ0) is 10.4. The number of Topliss-reactive ketones (excluding diaryl/α,β-unsaturated/α-hetero) is 1. The summed E-state index contributed by atoms with van der Waals surface area (Å²) >= 11 is 0. The number of methoxy groups -OCH3 is 1. The summed E-state index contributed by atoms with van der Waals surface area (Å²) < 4.78 is 4.88. The van der Waals surface area contributed by atoms with Crippen molar-refractivity contribution in [2.75, 3.05) is 13.7 Å². The van der Waals surface area contributed by atoms with Gasteiger partial charge in [-0.05, 0) is 31.0 Å². The number of hydrogen-bond donors (Lipinski definition) is 0. The lowest BCUT2D eigenvalue weighted by atomic mass is 10.1. The monoisotopic (exact) mass is 193 g/mol. The van der Waals surface area contributed by atoms with Crippen LogP contribution in [0.25, 0.3) is 0 Å². The fourth-order valence-corrected chi connectivity index (χ4v) is 1.19. The van der Waals surface area contributed by atoms with Crippen molar-refractivity contribution >= 4 is 5.78 Å². The molecule has 76 valence electrons. The predicted octanol–water partition coefficient (Wildman–Crippen LogP) is 2.00. The van der Waals surface area contributed by atoms with Crippen LogP contribution >= 0.6 is 0 Å². The molecule has 0 amide bonds. The molecule has 1 rings (SSSR count). The molecule has 0 spiro atoms. The third-order valence-electron chi connectivity index (χ3n) is 1.95. The Kier molecular flexibility index (Phi) is 4.26. The zero-order valence-electron chi connectivity index (χ0n) is 8.62. The maximum atomic E-state index is 11.6. The van der Waals surface area contributed by atoms with Crippen molar-refractivity contribution in [3.63, 3.8) is 0 Å². The first-order valence-electron chi connectivity index (χ1n) is 4.69. The standard InChI is InChI=1S/C11H15NO2/c1-9-5-6-12-10(8-9)11(13)4-3-7-14-2/h5-6,8H,3-4,7H2,1-2H3. The highest BCUT2D eigenvalue weighted by Crippen LogP contribution is 2.04. The van der Waals surface area contributed by atoms with E-state index in [4.69, 9.17) is 4.74 Å². The third-order valence-corrected chi connectivity index (χ3v) is 1.95. The Morgan fingerprint density at radius 1 is 1.57 bits per heavy atom. The Hall–Kier alpha value is -1.22. The molecule has 0 saturated carbocycles. The average Bonchev–Trinajstić information content (AvgIpc) is 2.18. The van der Waals surface area contributed by atoms with Gasteiger partial charge in [-0.2, -0.15) is 0 Å². The van der Waals surface area contributed by atoms with E-state index in [0.717, 1.165) is 12.0 Å². The molecule has 0 aliphatic heterocycles. The Morgan fingerprint density at radius 3 is 3.00 bits per heavy atom. The summed E-state index contributed by atoms with van der Waals surface area (Å²) in [5.74, 6) is 0.0887. The lowest BCUT2D eigenvalue weighted by Gasteiger charge is -2.00. The van der Waals surface area contributed by atoms with Crippen molar-refractivity contribution in [2.45, 2.75) is 19.8 Å². The van der Waals surface area contributed by atoms with Gasteiger partial charge in [0, 0.05) is 26.3 Å². The van der Waals surface area contributed by atoms with Crippen LogP contribution in [-0.2, 0) is 4.74 Å². The molecule has 1 aromatic heterocycles. The summed E-state index contributed by atoms with van der Waals surface area (Å²) in [5.41, 5.74) is 1.62. The van der Waals surface area contributed by atoms with Gasteiger partial charge in [-0.15, -0.1) is 0 Å². The quantitative estimate of drug-likeness (QED) is 0.530. The van der Waals surface area contributed by atoms with Crippen LogP contribution in [0.4, 0.5) is 0 Å². The van der Waals surface area contributed by atoms with Crippen LogP contribution in [0.15, 0.2) is 18.3 Å². The average molecular weight is 193 g/mol. The number of carbonyl (C=O) groups is 1. The summed E-state index contributed by atoms with van der Waals surface area (Å²) in [4.78, 5) is 15.6. The van der Waals surface area contributed by atoms with Gasteiger partial charge >= 0.3 is 0 Å². The van der Waals surface area contributed by atoms with Gasteiger partial charge in [-0.25, -0.2) is 0 Å². The molecule has 0 atom stereocenters. The number of rotatable bonds is 5. The van der Waals surface area contributed by atoms with E-state index < -0.39 is 0 Å². The zero-order valence-corrected chi connectivity index (χ0v) is 8.62. The summed E-state index contributed by atoms with van der Waals surface area (Å²) in [6.45, 7) is 2.57. The number of carbonyl (C=O) groups excluding carboxylic acids is 1. The number of nitrogens with zero attached hydrogens (tertiary/aromatic N) is 1. The van der Waals surface area contributed by atoms with Gasteiger partial charge < -0.3 is 4.74 Å². The Morgan fingerprint density at radius 2 is 2.36 bits per heavy atom. The van der Waals surface area contributed by atoms with E-state index in [1.54, 1.807) is 13.3 Å². The van der Waals surface area contributed by atoms with Crippen molar-refractivity contribution in [2.24, 2.45) is 0 Å². The van der Waals surface area contributed by atoms with E-state index >= 15 is 0 Å². The van der Waals surface area contributed by atoms with Crippen LogP contribution in [0.3, 0.4) is 0 Å². The van der Waals surface area contributed by atoms with Crippen molar-refractivity contribution in [3.8, 4) is 0 Å². The topological polar surface area (TPSA) is 39.2 Å². The fraction of sp³-hybridized carbons (Fsp3) is 0.455. The first kappa shape index (κ1) is 10.9. The van der Waals surface area contributed by atoms with Crippen LogP contribution in [0.2, 0.25) is 0 Å². The molecule has 14 heavy (non-hydrogen) atoms. The Labute approximate surface area is 84.1 Å². The fourth-order valence-electron chi connectivity index (χ4n) is 1.19. The predicted molar refractivity (Wildman–Crippen MR) is 54.4 cm³/mol. The molecule has 0 N–H and O–H groups in total. The van der Waals surface area contributed by atoms with Crippen LogP contribution in [0, 0.1) is 6.92 Å². The second kappa shape index (κ2) is 5.50. The van der Waals surface area contributed by atoms with Gasteiger partial charge in [-0.1, -0.05) is 0 Å². The van der Waals surface area contributed by atoms with Crippen molar-refractivity contribution in [1.29, 1.82) is 0 Å². The molecule has 0 aromatic carbocycles. The number of aryl methyl sites for hydroxylation is 1. The van der Waals surface area contributed by atoms with Crippen LogP contribution in [0.5, 0.6) is 0 Å². The van der Waals surface area contributed by atoms with Gasteiger partial charge in [0.05, 0.1) is 0 Å². The van der Waals surface area contributed by atoms with Crippen LogP contribution in [-0.4, -0.2) is 24.5 Å². The minimum atomic E-state index is 0.0887. The summed E-state index contributed by atoms with van der Waals surface area (Å²) in [5, 5.41) is 0. The molecule has 0 saturated heterocycles. The van der Waals surface area contributed by atoms with Crippen molar-refractivity contribution in [3.05, 3.63) is 29.6 Å². The second-order valence-corrected chi connectivity index (χ2v) is 3.24. The molecular weight excluding hydrogens is 178 g/mol. The van der Waals surface area contributed by atoms with E-state index in [9.17, 15) is 4.79 Å². The first-order valence-corrected chi connectivity index (χ1v) is 4.69. The molecular formula is C11H15NO2. The molecule has 1 heterocycles. The smallest absolute Gasteiger partial charge is 0.181 e. The molecule has 0 radical (unpaired) electrons. The summed E-state index contributed by atoms with van der Waals surface area (Å²) in [7, 11) is 1.63. The highest BCUT2D eigenvalue weighted by atomic mass is 16.5. The maximum absolute atomic E-state index is 11.6. The Bertz CT molecular complexity index is 310. The lowest BCUT2D eigenvalue weighted by Crippen LogP contribution is -2.03. The Balaban J connectivity index is 2.52. The third kappa shape index (κ3) is 3.26. The molecule has 3 nitrogen and oxygen atoms in total. The van der Waals surface area contributed by atoms with Gasteiger partial charge in [0.2, 0.25) is 0 Å². The highest BCUT2D eigenvalue weighted by Gasteiger charge is 2.06. The first-order chi connectivity index (χ1) is 6.74. The SMILES string of the molecule is COCCCC(=O)c1cc(C)ccn1. The van der Waals surface area contributed by atoms with E-state index in [0.29, 0.717) is 18.7 Å². The summed E-state index contributed by atoms with van der Waals surface area (Å²) in [6.07, 6.45) is 2.92. The number of ketones is 1. The normalized spacial score (nSPS) is 10.1. The lowest BCUT2D eigenvalue weighted by molar-refractivity contribution is 0.0958. The minimum Gasteiger partial charge on any atom is -0.385 e. The van der Waals surface area contributed by atoms with Gasteiger partial charge in [0.15, 0.2) is 5.78 Å². The van der Waals surface area contributed by atoms with Crippen molar-refractivity contribution < 1.29 is 9.53 Å². The number of ether oxygens (including phenoxy) is 1. The summed E-state index contributed by atoms with van der Waals surface area (Å²) in [6, 6.07) is 3.70. The van der Waals surface area contributed by atoms with Crippen LogP contribution in [0.1, 0.15) is 28.9 Å². The second-order valence-electron chi connectivity index (χ2n) is 3.24. The molecule has 0 unspecified atom stereocenters. The molecule has 3 heteroatoms. The molecule has 1 aromatic rings. The molecule has 0 aliphatic carbocycles. The number of aromatic nitrogens is 1. The van der Waals surface area contributed by atoms with E-state index in [1.807, 2.05) is 19.1 Å². The minimum absolute atomic E-state index is 0.0887. The molecule has 0 aliphatic rings. The number of pyridine rings is 1. The van der Waals surface area contributed by atoms with E-state index in [1.165, 1.54) is 0 Å². The van der Waals surface area contributed by atoms with Gasteiger partial charge in [0.1, 0.15) is 5.69 Å². The van der Waals surface area contributed by atoms with E-state index in [-0.39, 0.29) is 5.78 Å². The molecule has 0 bridgehead atoms.